The third-order valence-electron chi connectivity index (χ3n) is 4.68. The van der Waals surface area contributed by atoms with Crippen molar-refractivity contribution < 1.29 is 9.63 Å². The summed E-state index contributed by atoms with van der Waals surface area (Å²) < 4.78 is 0. The van der Waals surface area contributed by atoms with Crippen LogP contribution in [0.2, 0.25) is 0 Å². The van der Waals surface area contributed by atoms with Gasteiger partial charge in [0.25, 0.3) is 0 Å². The van der Waals surface area contributed by atoms with Crippen LogP contribution in [0.3, 0.4) is 0 Å². The number of benzene rings is 3. The summed E-state index contributed by atoms with van der Waals surface area (Å²) in [7, 11) is 0. The van der Waals surface area contributed by atoms with Crippen molar-refractivity contribution in [3.8, 4) is 0 Å². The maximum absolute atomic E-state index is 12.3. The lowest BCUT2D eigenvalue weighted by Gasteiger charge is -2.08. The molecule has 0 saturated carbocycles. The fourth-order valence-electron chi connectivity index (χ4n) is 3.03. The summed E-state index contributed by atoms with van der Waals surface area (Å²) in [6, 6.07) is 27.6. The number of nitrogens with zero attached hydrogens (tertiary/aromatic N) is 1. The quantitative estimate of drug-likeness (QED) is 0.150. The smallest absolute Gasteiger partial charge is 0.313 e. The number of rotatable bonds is 10. The summed E-state index contributed by atoms with van der Waals surface area (Å²) >= 11 is 1.72. The topological polar surface area (TPSA) is 38.7 Å². The molecule has 0 aliphatic rings. The Morgan fingerprint density at radius 2 is 1.40 bits per heavy atom. The van der Waals surface area contributed by atoms with Crippen LogP contribution in [0.4, 0.5) is 0 Å². The Balaban J connectivity index is 1.71. The minimum absolute atomic E-state index is 0.432. The minimum Gasteiger partial charge on any atom is -0.313 e. The molecule has 0 fully saturated rings. The zero-order valence-corrected chi connectivity index (χ0v) is 18.1. The molecule has 3 nitrogen and oxygen atoms in total. The van der Waals surface area contributed by atoms with Crippen molar-refractivity contribution in [1.82, 2.24) is 0 Å². The highest BCUT2D eigenvalue weighted by Crippen LogP contribution is 2.27. The first-order valence-electron chi connectivity index (χ1n) is 10.4. The molecule has 3 aromatic rings. The van der Waals surface area contributed by atoms with Gasteiger partial charge in [0.15, 0.2) is 0 Å². The van der Waals surface area contributed by atoms with Crippen LogP contribution < -0.4 is 0 Å². The number of hydrogen-bond donors (Lipinski definition) is 0. The van der Waals surface area contributed by atoms with Gasteiger partial charge < -0.3 is 4.84 Å². The van der Waals surface area contributed by atoms with E-state index in [1.54, 1.807) is 23.9 Å². The maximum atomic E-state index is 12.3. The highest BCUT2D eigenvalue weighted by molar-refractivity contribution is 7.99. The van der Waals surface area contributed by atoms with E-state index in [2.05, 4.69) is 48.5 Å². The molecule has 0 spiro atoms. The van der Waals surface area contributed by atoms with Gasteiger partial charge in [-0.1, -0.05) is 91.6 Å². The van der Waals surface area contributed by atoms with Crippen molar-refractivity contribution in [3.05, 3.63) is 96.1 Å². The van der Waals surface area contributed by atoms with Gasteiger partial charge in [-0.15, -0.1) is 0 Å². The molecule has 0 aromatic heterocycles. The molecule has 0 unspecified atom stereocenters. The molecule has 0 radical (unpaired) electrons. The summed E-state index contributed by atoms with van der Waals surface area (Å²) in [4.78, 5) is 19.9. The molecular weight excluding hydrogens is 390 g/mol. The van der Waals surface area contributed by atoms with Gasteiger partial charge in [-0.3, -0.25) is 0 Å². The highest BCUT2D eigenvalue weighted by Gasteiger charge is 2.10. The van der Waals surface area contributed by atoms with Crippen molar-refractivity contribution in [1.29, 1.82) is 0 Å². The molecular formula is C26H27NO2S. The molecule has 0 saturated heterocycles. The molecule has 4 heteroatoms. The van der Waals surface area contributed by atoms with Gasteiger partial charge in [0, 0.05) is 9.79 Å². The summed E-state index contributed by atoms with van der Waals surface area (Å²) in [5, 5.41) is 4.24. The van der Waals surface area contributed by atoms with Crippen molar-refractivity contribution in [2.45, 2.75) is 48.8 Å². The first-order chi connectivity index (χ1) is 14.8. The van der Waals surface area contributed by atoms with Crippen molar-refractivity contribution in [3.63, 3.8) is 0 Å². The molecule has 3 aromatic carbocycles. The van der Waals surface area contributed by atoms with E-state index in [9.17, 15) is 4.79 Å². The second-order valence-electron chi connectivity index (χ2n) is 7.03. The number of unbranched alkanes of at least 4 members (excludes halogenated alkanes) is 3. The van der Waals surface area contributed by atoms with Crippen molar-refractivity contribution in [2.75, 3.05) is 0 Å². The molecule has 0 atom stereocenters. The van der Waals surface area contributed by atoms with E-state index in [0.29, 0.717) is 5.56 Å². The molecule has 154 valence electrons. The molecule has 0 heterocycles. The molecule has 0 bridgehead atoms. The Labute approximate surface area is 183 Å². The van der Waals surface area contributed by atoms with E-state index in [1.165, 1.54) is 17.7 Å². The number of oxime groups is 1. The Kier molecular flexibility index (Phi) is 8.73. The van der Waals surface area contributed by atoms with E-state index < -0.39 is 5.97 Å². The fraction of sp³-hybridized carbons (Fsp3) is 0.231. The standard InChI is InChI=1S/C26H27NO2S/c1-2-3-4-11-16-25(27-29-26(28)22-12-7-5-8-13-22)21-17-19-24(20-18-21)30-23-14-9-6-10-15-23/h5-10,12-15,17-20H,2-4,11,16H2,1H3/b27-25+. The van der Waals surface area contributed by atoms with Crippen LogP contribution in [0.15, 0.2) is 99.9 Å². The van der Waals surface area contributed by atoms with Crippen LogP contribution in [0.25, 0.3) is 0 Å². The zero-order chi connectivity index (χ0) is 21.0. The van der Waals surface area contributed by atoms with E-state index in [4.69, 9.17) is 4.84 Å². The zero-order valence-electron chi connectivity index (χ0n) is 17.3. The Morgan fingerprint density at radius 1 is 0.767 bits per heavy atom. The van der Waals surface area contributed by atoms with Gasteiger partial charge in [-0.05, 0) is 54.8 Å². The maximum Gasteiger partial charge on any atom is 0.365 e. The first kappa shape index (κ1) is 21.8. The van der Waals surface area contributed by atoms with E-state index >= 15 is 0 Å². The molecule has 0 amide bonds. The number of carbonyl (C=O) groups excluding carboxylic acids is 1. The number of hydrogen-bond acceptors (Lipinski definition) is 4. The highest BCUT2D eigenvalue weighted by atomic mass is 32.2. The monoisotopic (exact) mass is 417 g/mol. The average Bonchev–Trinajstić information content (AvgIpc) is 2.80. The van der Waals surface area contributed by atoms with Crippen molar-refractivity contribution >= 4 is 23.4 Å². The van der Waals surface area contributed by atoms with Gasteiger partial charge >= 0.3 is 5.97 Å². The third-order valence-corrected chi connectivity index (χ3v) is 5.70. The van der Waals surface area contributed by atoms with Gasteiger partial charge in [0.05, 0.1) is 11.3 Å². The Morgan fingerprint density at radius 3 is 2.07 bits per heavy atom. The molecule has 3 rings (SSSR count). The predicted octanol–water partition coefficient (Wildman–Crippen LogP) is 7.37. The fourth-order valence-corrected chi connectivity index (χ4v) is 3.86. The van der Waals surface area contributed by atoms with Crippen LogP contribution in [-0.2, 0) is 4.84 Å². The van der Waals surface area contributed by atoms with Gasteiger partial charge in [-0.2, -0.15) is 0 Å². The summed E-state index contributed by atoms with van der Waals surface area (Å²) in [6.07, 6.45) is 5.33. The molecule has 30 heavy (non-hydrogen) atoms. The van der Waals surface area contributed by atoms with Gasteiger partial charge in [0.2, 0.25) is 0 Å². The van der Waals surface area contributed by atoms with Crippen LogP contribution in [-0.4, -0.2) is 11.7 Å². The van der Waals surface area contributed by atoms with Gasteiger partial charge in [0.1, 0.15) is 0 Å². The van der Waals surface area contributed by atoms with E-state index in [0.717, 1.165) is 35.4 Å². The molecule has 0 aliphatic heterocycles. The second kappa shape index (κ2) is 12.0. The normalized spacial score (nSPS) is 11.3. The third kappa shape index (κ3) is 6.89. The predicted molar refractivity (Wildman–Crippen MR) is 124 cm³/mol. The molecule has 0 N–H and O–H groups in total. The summed E-state index contributed by atoms with van der Waals surface area (Å²) in [6.45, 7) is 2.19. The van der Waals surface area contributed by atoms with Crippen LogP contribution in [0.5, 0.6) is 0 Å². The average molecular weight is 418 g/mol. The summed E-state index contributed by atoms with van der Waals surface area (Å²) in [5.74, 6) is -0.432. The minimum atomic E-state index is -0.432. The Hall–Kier alpha value is -2.85. The van der Waals surface area contributed by atoms with E-state index in [-0.39, 0.29) is 0 Å². The molecule has 0 aliphatic carbocycles. The second-order valence-corrected chi connectivity index (χ2v) is 8.18. The lowest BCUT2D eigenvalue weighted by molar-refractivity contribution is 0.0515. The number of carbonyl (C=O) groups is 1. The summed E-state index contributed by atoms with van der Waals surface area (Å²) in [5.41, 5.74) is 2.30. The van der Waals surface area contributed by atoms with Gasteiger partial charge in [-0.25, -0.2) is 4.79 Å². The van der Waals surface area contributed by atoms with E-state index in [1.807, 2.05) is 36.4 Å². The SMILES string of the molecule is CCCCCC/C(=N\OC(=O)c1ccccc1)c1ccc(Sc2ccccc2)cc1. The van der Waals surface area contributed by atoms with Crippen LogP contribution >= 0.6 is 11.8 Å². The lowest BCUT2D eigenvalue weighted by atomic mass is 10.0. The van der Waals surface area contributed by atoms with Crippen LogP contribution in [0, 0.1) is 0 Å². The van der Waals surface area contributed by atoms with Crippen molar-refractivity contribution in [2.24, 2.45) is 5.16 Å². The van der Waals surface area contributed by atoms with Crippen LogP contribution in [0.1, 0.15) is 54.9 Å². The largest absolute Gasteiger partial charge is 0.365 e. The first-order valence-corrected chi connectivity index (χ1v) is 11.2. The Bertz CT molecular complexity index is 938. The lowest BCUT2D eigenvalue weighted by Crippen LogP contribution is -2.06.